The predicted molar refractivity (Wildman–Crippen MR) is 39.6 cm³/mol. The van der Waals surface area contributed by atoms with Crippen molar-refractivity contribution in [1.29, 1.82) is 0 Å². The monoisotopic (exact) mass is 177 g/mol. The minimum absolute atomic E-state index is 0.0319. The molecule has 0 aromatic carbocycles. The Morgan fingerprint density at radius 3 is 3.00 bits per heavy atom. The molecule has 0 aliphatic carbocycles. The maximum Gasteiger partial charge on any atom is 0.184 e. The van der Waals surface area contributed by atoms with Crippen molar-refractivity contribution in [2.45, 2.75) is 0 Å². The first-order valence-corrected chi connectivity index (χ1v) is 3.52. The summed E-state index contributed by atoms with van der Waals surface area (Å²) < 4.78 is 0.376. The third kappa shape index (κ3) is 1.37. The molecule has 0 radical (unpaired) electrons. The number of halogens is 1. The van der Waals surface area contributed by atoms with Gasteiger partial charge in [-0.3, -0.25) is 0 Å². The Hall–Kier alpha value is -0.810. The minimum Gasteiger partial charge on any atom is -0.409 e. The van der Waals surface area contributed by atoms with Gasteiger partial charge in [0.2, 0.25) is 0 Å². The summed E-state index contributed by atoms with van der Waals surface area (Å²) in [6, 6.07) is 0. The van der Waals surface area contributed by atoms with Crippen molar-refractivity contribution in [3.63, 3.8) is 0 Å². The highest BCUT2D eigenvalue weighted by Gasteiger charge is 2.02. The average Bonchev–Trinajstić information content (AvgIpc) is 2.34. The molecule has 0 unspecified atom stereocenters. The molecule has 0 saturated heterocycles. The van der Waals surface area contributed by atoms with Crippen molar-refractivity contribution in [3.05, 3.63) is 15.5 Å². The van der Waals surface area contributed by atoms with E-state index in [1.165, 1.54) is 6.20 Å². The molecule has 0 saturated carbocycles. The number of thiazole rings is 1. The lowest BCUT2D eigenvalue weighted by molar-refractivity contribution is 0.319. The molecule has 54 valence electrons. The van der Waals surface area contributed by atoms with Crippen molar-refractivity contribution < 1.29 is 5.21 Å². The van der Waals surface area contributed by atoms with Gasteiger partial charge in [-0.2, -0.15) is 0 Å². The van der Waals surface area contributed by atoms with Gasteiger partial charge in [-0.15, -0.1) is 0 Å². The van der Waals surface area contributed by atoms with E-state index in [0.29, 0.717) is 9.34 Å². The van der Waals surface area contributed by atoms with E-state index in [2.05, 4.69) is 10.1 Å². The molecule has 4 nitrogen and oxygen atoms in total. The molecule has 1 heterocycles. The Morgan fingerprint density at radius 1 is 1.90 bits per heavy atom. The molecule has 0 amide bonds. The average molecular weight is 178 g/mol. The van der Waals surface area contributed by atoms with Crippen molar-refractivity contribution in [3.8, 4) is 0 Å². The number of hydrogen-bond donors (Lipinski definition) is 2. The molecule has 0 fully saturated rings. The molecule has 1 aromatic heterocycles. The molecule has 0 spiro atoms. The Morgan fingerprint density at radius 2 is 2.60 bits per heavy atom. The Kier molecular flexibility index (Phi) is 2.08. The van der Waals surface area contributed by atoms with E-state index >= 15 is 0 Å². The van der Waals surface area contributed by atoms with Crippen LogP contribution in [0.25, 0.3) is 0 Å². The molecule has 1 aromatic rings. The highest BCUT2D eigenvalue weighted by molar-refractivity contribution is 7.17. The Labute approximate surface area is 65.9 Å². The molecule has 3 N–H and O–H groups in total. The van der Waals surface area contributed by atoms with E-state index in [9.17, 15) is 0 Å². The van der Waals surface area contributed by atoms with Crippen LogP contribution in [0.5, 0.6) is 0 Å². The summed E-state index contributed by atoms with van der Waals surface area (Å²) >= 11 is 6.64. The third-order valence-corrected chi connectivity index (χ3v) is 1.98. The van der Waals surface area contributed by atoms with Gasteiger partial charge in [0.1, 0.15) is 0 Å². The fourth-order valence-corrected chi connectivity index (χ4v) is 1.26. The molecular formula is C4H4ClN3OS. The molecule has 0 aliphatic rings. The third-order valence-electron chi connectivity index (χ3n) is 0.838. The lowest BCUT2D eigenvalue weighted by Crippen LogP contribution is -2.10. The topological polar surface area (TPSA) is 71.5 Å². The number of nitrogens with zero attached hydrogens (tertiary/aromatic N) is 2. The number of oxime groups is 1. The fourth-order valence-electron chi connectivity index (χ4n) is 0.421. The van der Waals surface area contributed by atoms with Crippen LogP contribution in [-0.2, 0) is 0 Å². The number of rotatable bonds is 1. The maximum absolute atomic E-state index is 8.20. The van der Waals surface area contributed by atoms with Gasteiger partial charge in [0.05, 0.1) is 11.1 Å². The summed E-state index contributed by atoms with van der Waals surface area (Å²) in [5, 5.41) is 11.0. The predicted octanol–water partition coefficient (Wildman–Crippen LogP) is 0.891. The van der Waals surface area contributed by atoms with Crippen LogP contribution in [0.15, 0.2) is 11.4 Å². The quantitative estimate of drug-likeness (QED) is 0.290. The second-order valence-corrected chi connectivity index (χ2v) is 3.08. The van der Waals surface area contributed by atoms with Crippen molar-refractivity contribution >= 4 is 28.8 Å². The summed E-state index contributed by atoms with van der Waals surface area (Å²) in [5.74, 6) is 0.0319. The van der Waals surface area contributed by atoms with E-state index < -0.39 is 0 Å². The first-order valence-electron chi connectivity index (χ1n) is 2.33. The van der Waals surface area contributed by atoms with Crippen LogP contribution < -0.4 is 5.73 Å². The minimum atomic E-state index is 0.0319. The summed E-state index contributed by atoms with van der Waals surface area (Å²) in [6.45, 7) is 0. The second-order valence-electron chi connectivity index (χ2n) is 1.46. The lowest BCUT2D eigenvalue weighted by atomic mass is 10.5. The second kappa shape index (κ2) is 2.85. The van der Waals surface area contributed by atoms with Crippen LogP contribution in [0.4, 0.5) is 0 Å². The number of hydrogen-bond acceptors (Lipinski definition) is 4. The van der Waals surface area contributed by atoms with Crippen molar-refractivity contribution in [2.24, 2.45) is 10.9 Å². The summed E-state index contributed by atoms with van der Waals surface area (Å²) in [5.41, 5.74) is 5.22. The number of aromatic nitrogens is 1. The van der Waals surface area contributed by atoms with Crippen LogP contribution in [0, 0.1) is 0 Å². The van der Waals surface area contributed by atoms with Gasteiger partial charge in [0, 0.05) is 0 Å². The van der Waals surface area contributed by atoms with Crippen LogP contribution >= 0.6 is 22.9 Å². The van der Waals surface area contributed by atoms with E-state index in [4.69, 9.17) is 22.5 Å². The molecule has 0 aliphatic heterocycles. The zero-order valence-corrected chi connectivity index (χ0v) is 6.35. The highest BCUT2D eigenvalue weighted by Crippen LogP contribution is 2.16. The van der Waals surface area contributed by atoms with Crippen LogP contribution in [0.1, 0.15) is 4.88 Å². The number of amidine groups is 1. The standard InChI is InChI=1S/C4H4ClN3OS/c5-4-7-1-2(10-4)3(6)8-9/h1,9H,(H2,6,8). The SMILES string of the molecule is N/C(=N\O)c1cnc(Cl)s1. The van der Waals surface area contributed by atoms with E-state index in [0.717, 1.165) is 11.3 Å². The Bertz CT molecular complexity index is 259. The van der Waals surface area contributed by atoms with Gasteiger partial charge in [0.15, 0.2) is 10.3 Å². The highest BCUT2D eigenvalue weighted by atomic mass is 35.5. The Balaban J connectivity index is 2.95. The maximum atomic E-state index is 8.20. The lowest BCUT2D eigenvalue weighted by Gasteiger charge is -1.86. The van der Waals surface area contributed by atoms with Crippen molar-refractivity contribution in [1.82, 2.24) is 4.98 Å². The summed E-state index contributed by atoms with van der Waals surface area (Å²) in [4.78, 5) is 4.26. The zero-order valence-electron chi connectivity index (χ0n) is 4.78. The van der Waals surface area contributed by atoms with E-state index in [-0.39, 0.29) is 5.84 Å². The number of nitrogens with two attached hydrogens (primary N) is 1. The summed E-state index contributed by atoms with van der Waals surface area (Å²) in [6.07, 6.45) is 1.45. The van der Waals surface area contributed by atoms with Crippen LogP contribution in [0.2, 0.25) is 4.47 Å². The fraction of sp³-hybridized carbons (Fsp3) is 0. The smallest absolute Gasteiger partial charge is 0.184 e. The van der Waals surface area contributed by atoms with Crippen LogP contribution in [0.3, 0.4) is 0 Å². The molecule has 0 atom stereocenters. The van der Waals surface area contributed by atoms with Crippen molar-refractivity contribution in [2.75, 3.05) is 0 Å². The van der Waals surface area contributed by atoms with Gasteiger partial charge < -0.3 is 10.9 Å². The van der Waals surface area contributed by atoms with Gasteiger partial charge in [-0.05, 0) is 0 Å². The summed E-state index contributed by atoms with van der Waals surface area (Å²) in [7, 11) is 0. The molecule has 10 heavy (non-hydrogen) atoms. The van der Waals surface area contributed by atoms with Gasteiger partial charge >= 0.3 is 0 Å². The van der Waals surface area contributed by atoms with Gasteiger partial charge in [-0.1, -0.05) is 28.1 Å². The van der Waals surface area contributed by atoms with Gasteiger partial charge in [-0.25, -0.2) is 4.98 Å². The van der Waals surface area contributed by atoms with Crippen LogP contribution in [-0.4, -0.2) is 16.0 Å². The van der Waals surface area contributed by atoms with E-state index in [1.807, 2.05) is 0 Å². The largest absolute Gasteiger partial charge is 0.409 e. The first kappa shape index (κ1) is 7.30. The van der Waals surface area contributed by atoms with E-state index in [1.54, 1.807) is 0 Å². The molecule has 0 bridgehead atoms. The molecule has 1 rings (SSSR count). The molecule has 6 heteroatoms. The van der Waals surface area contributed by atoms with Gasteiger partial charge in [0.25, 0.3) is 0 Å². The first-order chi connectivity index (χ1) is 4.74. The zero-order chi connectivity index (χ0) is 7.56. The molecular weight excluding hydrogens is 174 g/mol. The normalized spacial score (nSPS) is 11.9.